The molecule has 0 aliphatic heterocycles. The molecule has 1 heterocycles. The monoisotopic (exact) mass is 404 g/mol. The van der Waals surface area contributed by atoms with Gasteiger partial charge in [-0.25, -0.2) is 4.98 Å². The van der Waals surface area contributed by atoms with Crippen LogP contribution >= 0.6 is 11.6 Å². The van der Waals surface area contributed by atoms with Gasteiger partial charge >= 0.3 is 0 Å². The molecule has 0 unspecified atom stereocenters. The Morgan fingerprint density at radius 2 is 1.72 bits per heavy atom. The summed E-state index contributed by atoms with van der Waals surface area (Å²) < 4.78 is 5.79. The quantitative estimate of drug-likeness (QED) is 0.438. The Morgan fingerprint density at radius 3 is 2.41 bits per heavy atom. The third-order valence-corrected chi connectivity index (χ3v) is 4.59. The number of carbonyl (C=O) groups excluding carboxylic acids is 1. The van der Waals surface area contributed by atoms with E-state index >= 15 is 0 Å². The molecule has 5 nitrogen and oxygen atoms in total. The van der Waals surface area contributed by atoms with Gasteiger partial charge in [0.15, 0.2) is 0 Å². The number of oxazole rings is 1. The van der Waals surface area contributed by atoms with E-state index in [0.717, 1.165) is 11.1 Å². The molecule has 4 rings (SSSR count). The van der Waals surface area contributed by atoms with E-state index in [1.807, 2.05) is 42.5 Å². The summed E-state index contributed by atoms with van der Waals surface area (Å²) >= 11 is 6.09. The number of phenolic OH excluding ortho intramolecular Hbond substituents is 1. The molecule has 1 aromatic heterocycles. The average molecular weight is 405 g/mol. The minimum atomic E-state index is -0.292. The van der Waals surface area contributed by atoms with Crippen LogP contribution in [-0.4, -0.2) is 16.0 Å². The summed E-state index contributed by atoms with van der Waals surface area (Å²) in [4.78, 5) is 16.1. The Balaban J connectivity index is 1.78. The predicted octanol–water partition coefficient (Wildman–Crippen LogP) is 5.99. The summed E-state index contributed by atoms with van der Waals surface area (Å²) in [5.41, 5.74) is 3.40. The lowest BCUT2D eigenvalue weighted by Crippen LogP contribution is -2.05. The highest BCUT2D eigenvalue weighted by atomic mass is 35.5. The number of amides is 1. The number of aromatic nitrogens is 1. The number of nitrogens with zero attached hydrogens (tertiary/aromatic N) is 1. The molecule has 0 spiro atoms. The molecular weight excluding hydrogens is 388 g/mol. The second kappa shape index (κ2) is 7.81. The van der Waals surface area contributed by atoms with E-state index in [4.69, 9.17) is 16.0 Å². The van der Waals surface area contributed by atoms with Crippen LogP contribution in [0.25, 0.3) is 33.8 Å². The van der Waals surface area contributed by atoms with E-state index in [2.05, 4.69) is 10.3 Å². The van der Waals surface area contributed by atoms with E-state index in [1.54, 1.807) is 30.3 Å². The van der Waals surface area contributed by atoms with Crippen LogP contribution in [0.1, 0.15) is 6.92 Å². The lowest BCUT2D eigenvalue weighted by atomic mass is 10.0. The zero-order chi connectivity index (χ0) is 20.4. The van der Waals surface area contributed by atoms with Gasteiger partial charge in [-0.2, -0.15) is 0 Å². The Hall–Kier alpha value is -3.57. The number of benzene rings is 3. The second-order valence-electron chi connectivity index (χ2n) is 6.49. The molecule has 2 N–H and O–H groups in total. The number of nitrogens with one attached hydrogen (secondary N) is 1. The van der Waals surface area contributed by atoms with E-state index in [9.17, 15) is 9.90 Å². The standard InChI is InChI=1S/C23H17ClN2O3/c1-14(27)25-23-21(17-8-5-9-18(24)12-17)26-22(29-23)19-11-10-16(13-20(19)28)15-6-3-2-4-7-15/h2-13,28H,1H3,(H,25,27). The molecule has 0 atom stereocenters. The Kier molecular flexibility index (Phi) is 5.06. The maximum Gasteiger partial charge on any atom is 0.233 e. The van der Waals surface area contributed by atoms with Crippen LogP contribution < -0.4 is 5.32 Å². The molecule has 0 fully saturated rings. The zero-order valence-electron chi connectivity index (χ0n) is 15.5. The summed E-state index contributed by atoms with van der Waals surface area (Å²) in [6, 6.07) is 22.1. The largest absolute Gasteiger partial charge is 0.507 e. The lowest BCUT2D eigenvalue weighted by Gasteiger charge is -2.05. The van der Waals surface area contributed by atoms with Crippen molar-refractivity contribution in [2.24, 2.45) is 0 Å². The van der Waals surface area contributed by atoms with Crippen LogP contribution in [0.15, 0.2) is 77.2 Å². The van der Waals surface area contributed by atoms with Crippen molar-refractivity contribution in [1.29, 1.82) is 0 Å². The first-order chi connectivity index (χ1) is 14.0. The molecule has 144 valence electrons. The van der Waals surface area contributed by atoms with Gasteiger partial charge in [-0.05, 0) is 35.4 Å². The maximum atomic E-state index is 11.6. The highest BCUT2D eigenvalue weighted by Crippen LogP contribution is 2.38. The summed E-state index contributed by atoms with van der Waals surface area (Å²) in [6.07, 6.45) is 0. The second-order valence-corrected chi connectivity index (χ2v) is 6.92. The zero-order valence-corrected chi connectivity index (χ0v) is 16.3. The molecule has 1 amide bonds. The van der Waals surface area contributed by atoms with Crippen molar-refractivity contribution in [3.63, 3.8) is 0 Å². The average Bonchev–Trinajstić information content (AvgIpc) is 3.11. The fraction of sp³-hybridized carbons (Fsp3) is 0.0435. The highest BCUT2D eigenvalue weighted by Gasteiger charge is 2.20. The fourth-order valence-corrected chi connectivity index (χ4v) is 3.22. The molecule has 0 saturated heterocycles. The van der Waals surface area contributed by atoms with Gasteiger partial charge in [0.25, 0.3) is 0 Å². The molecule has 0 bridgehead atoms. The van der Waals surface area contributed by atoms with Gasteiger partial charge in [0.05, 0.1) is 5.56 Å². The van der Waals surface area contributed by atoms with Crippen LogP contribution in [0.5, 0.6) is 5.75 Å². The first-order valence-corrected chi connectivity index (χ1v) is 9.32. The number of phenols is 1. The van der Waals surface area contributed by atoms with Crippen molar-refractivity contribution in [2.45, 2.75) is 6.92 Å². The molecule has 4 aromatic rings. The van der Waals surface area contributed by atoms with Crippen molar-refractivity contribution < 1.29 is 14.3 Å². The molecule has 0 radical (unpaired) electrons. The van der Waals surface area contributed by atoms with E-state index in [0.29, 0.717) is 21.8 Å². The molecule has 3 aromatic carbocycles. The van der Waals surface area contributed by atoms with Crippen LogP contribution in [0.4, 0.5) is 5.88 Å². The molecule has 0 aliphatic carbocycles. The molecule has 29 heavy (non-hydrogen) atoms. The summed E-state index contributed by atoms with van der Waals surface area (Å²) in [7, 11) is 0. The minimum absolute atomic E-state index is 0.0274. The van der Waals surface area contributed by atoms with Crippen molar-refractivity contribution in [1.82, 2.24) is 4.98 Å². The van der Waals surface area contributed by atoms with Crippen molar-refractivity contribution in [3.8, 4) is 39.6 Å². The maximum absolute atomic E-state index is 11.6. The smallest absolute Gasteiger partial charge is 0.233 e. The van der Waals surface area contributed by atoms with E-state index in [-0.39, 0.29) is 23.4 Å². The number of anilines is 1. The van der Waals surface area contributed by atoms with Crippen LogP contribution in [0.3, 0.4) is 0 Å². The first-order valence-electron chi connectivity index (χ1n) is 8.94. The molecular formula is C23H17ClN2O3. The number of hydrogen-bond acceptors (Lipinski definition) is 4. The van der Waals surface area contributed by atoms with Crippen LogP contribution in [-0.2, 0) is 4.79 Å². The van der Waals surface area contributed by atoms with Gasteiger partial charge < -0.3 is 9.52 Å². The number of halogens is 1. The fourth-order valence-electron chi connectivity index (χ4n) is 3.03. The number of hydrogen-bond donors (Lipinski definition) is 2. The van der Waals surface area contributed by atoms with E-state index in [1.165, 1.54) is 6.92 Å². The number of aromatic hydroxyl groups is 1. The third kappa shape index (κ3) is 4.00. The molecule has 0 saturated carbocycles. The van der Waals surface area contributed by atoms with Crippen molar-refractivity contribution in [3.05, 3.63) is 77.8 Å². The lowest BCUT2D eigenvalue weighted by molar-refractivity contribution is -0.114. The Morgan fingerprint density at radius 1 is 0.966 bits per heavy atom. The van der Waals surface area contributed by atoms with Gasteiger partial charge in [0, 0.05) is 17.5 Å². The molecule has 6 heteroatoms. The third-order valence-electron chi connectivity index (χ3n) is 4.35. The predicted molar refractivity (Wildman–Crippen MR) is 114 cm³/mol. The van der Waals surface area contributed by atoms with E-state index < -0.39 is 0 Å². The normalized spacial score (nSPS) is 10.7. The Bertz CT molecular complexity index is 1190. The van der Waals surface area contributed by atoms with Gasteiger partial charge in [-0.3, -0.25) is 10.1 Å². The van der Waals surface area contributed by atoms with Gasteiger partial charge in [0.1, 0.15) is 11.4 Å². The number of rotatable bonds is 4. The summed E-state index contributed by atoms with van der Waals surface area (Å²) in [5.74, 6) is 0.126. The SMILES string of the molecule is CC(=O)Nc1oc(-c2ccc(-c3ccccc3)cc2O)nc1-c1cccc(Cl)c1. The highest BCUT2D eigenvalue weighted by molar-refractivity contribution is 6.30. The topological polar surface area (TPSA) is 75.4 Å². The molecule has 0 aliphatic rings. The van der Waals surface area contributed by atoms with Gasteiger partial charge in [-0.1, -0.05) is 60.1 Å². The van der Waals surface area contributed by atoms with Crippen LogP contribution in [0.2, 0.25) is 5.02 Å². The van der Waals surface area contributed by atoms with Crippen molar-refractivity contribution >= 4 is 23.4 Å². The summed E-state index contributed by atoms with van der Waals surface area (Å²) in [5, 5.41) is 13.8. The Labute approximate surface area is 172 Å². The van der Waals surface area contributed by atoms with Gasteiger partial charge in [-0.15, -0.1) is 0 Å². The van der Waals surface area contributed by atoms with Crippen LogP contribution in [0, 0.1) is 0 Å². The summed E-state index contributed by atoms with van der Waals surface area (Å²) in [6.45, 7) is 1.38. The minimum Gasteiger partial charge on any atom is -0.507 e. The first kappa shape index (κ1) is 18.8. The van der Waals surface area contributed by atoms with Crippen molar-refractivity contribution in [2.75, 3.05) is 5.32 Å². The van der Waals surface area contributed by atoms with Gasteiger partial charge in [0.2, 0.25) is 17.7 Å². The number of carbonyl (C=O) groups is 1.